The van der Waals surface area contributed by atoms with Gasteiger partial charge in [-0.3, -0.25) is 4.98 Å². The van der Waals surface area contributed by atoms with Gasteiger partial charge in [-0.1, -0.05) is 12.1 Å². The minimum atomic E-state index is 0.712. The minimum Gasteiger partial charge on any atom is -0.261 e. The molecule has 108 valence electrons. The monoisotopic (exact) mass is 289 g/mol. The van der Waals surface area contributed by atoms with Crippen LogP contribution in [-0.2, 0) is 6.42 Å². The van der Waals surface area contributed by atoms with E-state index in [9.17, 15) is 0 Å². The normalized spacial score (nSPS) is 21.4. The Morgan fingerprint density at radius 1 is 1.18 bits per heavy atom. The van der Waals surface area contributed by atoms with E-state index in [-0.39, 0.29) is 0 Å². The van der Waals surface area contributed by atoms with Gasteiger partial charge in [-0.05, 0) is 25.1 Å². The zero-order valence-electron chi connectivity index (χ0n) is 12.5. The van der Waals surface area contributed by atoms with Crippen LogP contribution in [0.2, 0.25) is 0 Å². The predicted octanol–water partition coefficient (Wildman–Crippen LogP) is 3.17. The highest BCUT2D eigenvalue weighted by atomic mass is 15.4. The van der Waals surface area contributed by atoms with E-state index in [0.29, 0.717) is 4.48 Å². The lowest BCUT2D eigenvalue weighted by Crippen LogP contribution is -2.43. The van der Waals surface area contributed by atoms with Crippen molar-refractivity contribution >= 4 is 11.8 Å². The van der Waals surface area contributed by atoms with Crippen molar-refractivity contribution in [2.24, 2.45) is 0 Å². The molecule has 0 spiro atoms. The molecule has 0 radical (unpaired) electrons. The van der Waals surface area contributed by atoms with Crippen LogP contribution in [0.5, 0.6) is 0 Å². The van der Waals surface area contributed by atoms with Crippen molar-refractivity contribution in [3.63, 3.8) is 0 Å². The second kappa shape index (κ2) is 5.00. The Kier molecular flexibility index (Phi) is 2.98. The van der Waals surface area contributed by atoms with E-state index in [0.717, 1.165) is 24.4 Å². The summed E-state index contributed by atoms with van der Waals surface area (Å²) in [5.74, 6) is 0. The molecule has 1 unspecified atom stereocenters. The molecule has 0 aliphatic carbocycles. The van der Waals surface area contributed by atoms with Crippen LogP contribution in [-0.4, -0.2) is 21.7 Å². The number of hydrogen-bond acceptors (Lipinski definition) is 3. The Balaban J connectivity index is 1.76. The molecule has 4 heterocycles. The van der Waals surface area contributed by atoms with Gasteiger partial charge in [0.05, 0.1) is 18.3 Å². The summed E-state index contributed by atoms with van der Waals surface area (Å²) in [6.07, 6.45) is 15.5. The summed E-state index contributed by atoms with van der Waals surface area (Å²) in [6, 6.07) is 6.08. The molecule has 0 bridgehead atoms. The van der Waals surface area contributed by atoms with Gasteiger partial charge in [-0.15, -0.1) is 5.10 Å². The van der Waals surface area contributed by atoms with Gasteiger partial charge >= 0.3 is 0 Å². The molecule has 4 rings (SSSR count). The highest BCUT2D eigenvalue weighted by Gasteiger charge is 2.42. The molecule has 0 saturated heterocycles. The number of nitrogens with zero attached hydrogens (tertiary/aromatic N) is 4. The maximum atomic E-state index is 4.45. The predicted molar refractivity (Wildman–Crippen MR) is 87.6 cm³/mol. The molecule has 0 N–H and O–H groups in total. The van der Waals surface area contributed by atoms with Crippen LogP contribution < -0.4 is 4.48 Å². The molecular weight excluding hydrogens is 272 g/mol. The number of aromatic nitrogens is 3. The van der Waals surface area contributed by atoms with Crippen molar-refractivity contribution in [2.45, 2.75) is 13.3 Å². The van der Waals surface area contributed by atoms with Crippen molar-refractivity contribution in [3.05, 3.63) is 77.7 Å². The average molecular weight is 289 g/mol. The molecule has 0 saturated carbocycles. The number of aryl methyl sites for hydroxylation is 1. The summed E-state index contributed by atoms with van der Waals surface area (Å²) in [7, 11) is 0. The van der Waals surface area contributed by atoms with Crippen LogP contribution >= 0.6 is 0 Å². The summed E-state index contributed by atoms with van der Waals surface area (Å²) in [5.41, 5.74) is 5.78. The zero-order valence-corrected chi connectivity index (χ0v) is 12.5. The highest BCUT2D eigenvalue weighted by Crippen LogP contribution is 2.44. The Hall–Kier alpha value is -2.59. The van der Waals surface area contributed by atoms with Crippen LogP contribution in [0.1, 0.15) is 17.0 Å². The molecule has 0 amide bonds. The molecule has 2 aromatic heterocycles. The molecule has 2 aromatic rings. The lowest BCUT2D eigenvalue weighted by atomic mass is 10.1. The molecule has 0 fully saturated rings. The fourth-order valence-corrected chi connectivity index (χ4v) is 3.37. The van der Waals surface area contributed by atoms with Gasteiger partial charge in [0.25, 0.3) is 0 Å². The fourth-order valence-electron chi connectivity index (χ4n) is 3.37. The first kappa shape index (κ1) is 13.1. The van der Waals surface area contributed by atoms with Gasteiger partial charge in [0.1, 0.15) is 17.6 Å². The third-order valence-corrected chi connectivity index (χ3v) is 4.35. The number of allylic oxidation sites excluding steroid dienone is 3. The van der Waals surface area contributed by atoms with Crippen molar-refractivity contribution in [1.29, 1.82) is 0 Å². The second-order valence-corrected chi connectivity index (χ2v) is 5.67. The molecule has 22 heavy (non-hydrogen) atoms. The van der Waals surface area contributed by atoms with Crippen LogP contribution in [0.15, 0.2) is 60.7 Å². The highest BCUT2D eigenvalue weighted by molar-refractivity contribution is 5.81. The van der Waals surface area contributed by atoms with Crippen LogP contribution in [0.4, 0.5) is 5.69 Å². The Labute approximate surface area is 129 Å². The van der Waals surface area contributed by atoms with E-state index in [1.54, 1.807) is 0 Å². The zero-order chi connectivity index (χ0) is 15.0. The largest absolute Gasteiger partial charge is 0.261 e. The molecular formula is C18H17N4+. The van der Waals surface area contributed by atoms with Crippen molar-refractivity contribution < 1.29 is 0 Å². The van der Waals surface area contributed by atoms with E-state index in [4.69, 9.17) is 0 Å². The van der Waals surface area contributed by atoms with Crippen LogP contribution in [0.3, 0.4) is 0 Å². The van der Waals surface area contributed by atoms with Gasteiger partial charge in [-0.2, -0.15) is 5.10 Å². The summed E-state index contributed by atoms with van der Waals surface area (Å²) >= 11 is 0. The van der Waals surface area contributed by atoms with Crippen molar-refractivity contribution in [2.75, 3.05) is 6.54 Å². The lowest BCUT2D eigenvalue weighted by Gasteiger charge is -2.33. The van der Waals surface area contributed by atoms with Gasteiger partial charge in [0.2, 0.25) is 0 Å². The Morgan fingerprint density at radius 2 is 2.14 bits per heavy atom. The van der Waals surface area contributed by atoms with Crippen molar-refractivity contribution in [1.82, 2.24) is 19.7 Å². The fraction of sp³-hybridized carbons (Fsp3) is 0.167. The summed E-state index contributed by atoms with van der Waals surface area (Å²) in [6.45, 7) is 2.97. The van der Waals surface area contributed by atoms with Crippen LogP contribution in [0, 0.1) is 6.92 Å². The van der Waals surface area contributed by atoms with E-state index in [1.165, 1.54) is 16.9 Å². The Morgan fingerprint density at radius 3 is 3.00 bits per heavy atom. The SMILES string of the molecule is Cc1nncc2c1[N+]1(CCc3ccccn3)C=CC=CC1=C2. The summed E-state index contributed by atoms with van der Waals surface area (Å²) in [4.78, 5) is 4.45. The first-order valence-electron chi connectivity index (χ1n) is 7.48. The van der Waals surface area contributed by atoms with E-state index in [1.807, 2.05) is 31.5 Å². The van der Waals surface area contributed by atoms with E-state index in [2.05, 4.69) is 51.8 Å². The lowest BCUT2D eigenvalue weighted by molar-refractivity contribution is 0.467. The van der Waals surface area contributed by atoms with E-state index < -0.39 is 0 Å². The maximum Gasteiger partial charge on any atom is 0.175 e. The topological polar surface area (TPSA) is 38.7 Å². The standard InChI is InChI=1S/C18H17N4/c1-14-18-15(13-20-21-14)12-17-7-3-5-10-22(17,18)11-8-16-6-2-4-9-19-16/h2-7,9-10,12-13H,8,11H2,1H3/q+1. The van der Waals surface area contributed by atoms with Gasteiger partial charge < -0.3 is 0 Å². The number of rotatable bonds is 3. The number of pyridine rings is 1. The number of fused-ring (bicyclic) bond motifs is 3. The van der Waals surface area contributed by atoms with Crippen LogP contribution in [0.25, 0.3) is 6.08 Å². The molecule has 0 aromatic carbocycles. The average Bonchev–Trinajstić information content (AvgIpc) is 2.90. The molecule has 4 nitrogen and oxygen atoms in total. The van der Waals surface area contributed by atoms with Crippen molar-refractivity contribution in [3.8, 4) is 0 Å². The maximum absolute atomic E-state index is 4.45. The molecule has 2 aliphatic heterocycles. The molecule has 2 aliphatic rings. The van der Waals surface area contributed by atoms with Gasteiger partial charge in [0.15, 0.2) is 5.69 Å². The first-order chi connectivity index (χ1) is 10.8. The quantitative estimate of drug-likeness (QED) is 0.815. The third-order valence-electron chi connectivity index (χ3n) is 4.35. The summed E-state index contributed by atoms with van der Waals surface area (Å²) in [5, 5.41) is 8.37. The number of quaternary nitrogens is 1. The smallest absolute Gasteiger partial charge is 0.175 e. The molecule has 4 heteroatoms. The molecule has 1 atom stereocenters. The summed E-state index contributed by atoms with van der Waals surface area (Å²) < 4.78 is 0.712. The Bertz CT molecular complexity index is 805. The third kappa shape index (κ3) is 1.92. The number of hydrogen-bond donors (Lipinski definition) is 0. The second-order valence-electron chi connectivity index (χ2n) is 5.67. The van der Waals surface area contributed by atoms with Gasteiger partial charge in [0, 0.05) is 30.5 Å². The minimum absolute atomic E-state index is 0.712. The first-order valence-corrected chi connectivity index (χ1v) is 7.48. The van der Waals surface area contributed by atoms with E-state index >= 15 is 0 Å². The van der Waals surface area contributed by atoms with Gasteiger partial charge in [-0.25, -0.2) is 4.48 Å².